The minimum atomic E-state index is -1.01. The van der Waals surface area contributed by atoms with Gasteiger partial charge < -0.3 is 13.9 Å². The van der Waals surface area contributed by atoms with Crippen molar-refractivity contribution in [1.82, 2.24) is 0 Å². The third-order valence-corrected chi connectivity index (χ3v) is 4.24. The van der Waals surface area contributed by atoms with Gasteiger partial charge in [-0.1, -0.05) is 41.9 Å². The van der Waals surface area contributed by atoms with Gasteiger partial charge in [-0.05, 0) is 29.8 Å². The van der Waals surface area contributed by atoms with Gasteiger partial charge in [0.05, 0.1) is 16.7 Å². The molecule has 1 unspecified atom stereocenters. The summed E-state index contributed by atoms with van der Waals surface area (Å²) in [6, 6.07) is 15.7. The second kappa shape index (κ2) is 6.35. The Bertz CT molecular complexity index is 1060. The average Bonchev–Trinajstić information content (AvgIpc) is 2.62. The maximum atomic E-state index is 12.6. The Morgan fingerprint density at radius 1 is 1.08 bits per heavy atom. The molecule has 3 aromatic rings. The number of esters is 1. The maximum absolute atomic E-state index is 12.6. The van der Waals surface area contributed by atoms with Crippen molar-refractivity contribution in [2.45, 2.75) is 13.2 Å². The van der Waals surface area contributed by atoms with E-state index in [0.717, 1.165) is 0 Å². The van der Waals surface area contributed by atoms with E-state index in [1.807, 2.05) is 18.2 Å². The minimum absolute atomic E-state index is 0.282. The zero-order valence-electron chi connectivity index (χ0n) is 13.7. The number of benzene rings is 2. The lowest BCUT2D eigenvalue weighted by Gasteiger charge is -2.27. The van der Waals surface area contributed by atoms with Gasteiger partial charge in [-0.25, -0.2) is 4.79 Å². The molecule has 1 aromatic heterocycles. The number of hydrogen-bond donors (Lipinski definition) is 0. The Balaban J connectivity index is 1.95. The van der Waals surface area contributed by atoms with Gasteiger partial charge in [-0.2, -0.15) is 0 Å². The fourth-order valence-electron chi connectivity index (χ4n) is 2.89. The van der Waals surface area contributed by atoms with Gasteiger partial charge in [0.1, 0.15) is 5.75 Å². The Morgan fingerprint density at radius 2 is 1.85 bits per heavy atom. The molecular formula is C20H13ClO5. The Kier molecular flexibility index (Phi) is 4.01. The van der Waals surface area contributed by atoms with E-state index in [0.29, 0.717) is 33.0 Å². The van der Waals surface area contributed by atoms with Gasteiger partial charge >= 0.3 is 11.6 Å². The zero-order valence-corrected chi connectivity index (χ0v) is 14.4. The van der Waals surface area contributed by atoms with Crippen LogP contribution in [-0.2, 0) is 9.53 Å². The van der Waals surface area contributed by atoms with E-state index >= 15 is 0 Å². The number of ether oxygens (including phenoxy) is 2. The molecule has 0 saturated carbocycles. The van der Waals surface area contributed by atoms with Gasteiger partial charge in [-0.15, -0.1) is 0 Å². The van der Waals surface area contributed by atoms with Crippen LogP contribution < -0.4 is 10.4 Å². The summed E-state index contributed by atoms with van der Waals surface area (Å²) >= 11 is 6.07. The van der Waals surface area contributed by atoms with Crippen LogP contribution >= 0.6 is 11.6 Å². The van der Waals surface area contributed by atoms with Crippen LogP contribution in [0.3, 0.4) is 0 Å². The molecule has 1 aliphatic heterocycles. The molecule has 6 heteroatoms. The summed E-state index contributed by atoms with van der Waals surface area (Å²) in [7, 11) is 0. The van der Waals surface area contributed by atoms with E-state index < -0.39 is 17.9 Å². The molecule has 0 amide bonds. The number of fused-ring (bicyclic) bond motifs is 3. The second-order valence-corrected chi connectivity index (χ2v) is 6.23. The number of rotatable bonds is 2. The molecule has 1 atom stereocenters. The van der Waals surface area contributed by atoms with Gasteiger partial charge in [0.25, 0.3) is 6.29 Å². The van der Waals surface area contributed by atoms with Crippen molar-refractivity contribution in [1.29, 1.82) is 0 Å². The van der Waals surface area contributed by atoms with Crippen molar-refractivity contribution in [2.75, 3.05) is 0 Å². The molecule has 26 heavy (non-hydrogen) atoms. The summed E-state index contributed by atoms with van der Waals surface area (Å²) < 4.78 is 16.7. The van der Waals surface area contributed by atoms with Crippen molar-refractivity contribution in [3.8, 4) is 28.2 Å². The SMILES string of the molecule is CC(=O)OC1Oc2ccc(Cl)cc2-c2oc(=O)c(-c3ccccc3)cc21. The molecule has 130 valence electrons. The molecule has 0 N–H and O–H groups in total. The molecule has 0 aliphatic carbocycles. The molecule has 0 bridgehead atoms. The maximum Gasteiger partial charge on any atom is 0.344 e. The van der Waals surface area contributed by atoms with E-state index in [1.165, 1.54) is 6.92 Å². The number of halogens is 1. The highest BCUT2D eigenvalue weighted by Gasteiger charge is 2.32. The average molecular weight is 369 g/mol. The van der Waals surface area contributed by atoms with E-state index in [2.05, 4.69) is 0 Å². The van der Waals surface area contributed by atoms with Gasteiger partial charge in [0, 0.05) is 11.9 Å². The van der Waals surface area contributed by atoms with Crippen LogP contribution in [0.2, 0.25) is 5.02 Å². The van der Waals surface area contributed by atoms with Crippen LogP contribution in [0.1, 0.15) is 18.8 Å². The molecule has 0 spiro atoms. The van der Waals surface area contributed by atoms with Crippen LogP contribution in [0.15, 0.2) is 63.8 Å². The molecule has 2 heterocycles. The lowest BCUT2D eigenvalue weighted by atomic mass is 9.99. The number of carbonyl (C=O) groups is 1. The third-order valence-electron chi connectivity index (χ3n) is 4.01. The van der Waals surface area contributed by atoms with Crippen molar-refractivity contribution >= 4 is 17.6 Å². The highest BCUT2D eigenvalue weighted by Crippen LogP contribution is 2.44. The van der Waals surface area contributed by atoms with Crippen molar-refractivity contribution in [3.63, 3.8) is 0 Å². The van der Waals surface area contributed by atoms with Crippen LogP contribution in [0.5, 0.6) is 5.75 Å². The Labute approximate surface area is 153 Å². The lowest BCUT2D eigenvalue weighted by molar-refractivity contribution is -0.162. The van der Waals surface area contributed by atoms with Crippen LogP contribution in [0.25, 0.3) is 22.5 Å². The first kappa shape index (κ1) is 16.4. The van der Waals surface area contributed by atoms with E-state index in [4.69, 9.17) is 25.5 Å². The molecule has 1 aliphatic rings. The summed E-state index contributed by atoms with van der Waals surface area (Å²) in [6.45, 7) is 1.29. The van der Waals surface area contributed by atoms with Gasteiger partial charge in [0.15, 0.2) is 5.76 Å². The highest BCUT2D eigenvalue weighted by molar-refractivity contribution is 6.31. The van der Waals surface area contributed by atoms with E-state index in [1.54, 1.807) is 36.4 Å². The predicted octanol–water partition coefficient (Wildman–Crippen LogP) is 4.58. The third kappa shape index (κ3) is 2.86. The summed E-state index contributed by atoms with van der Waals surface area (Å²) in [4.78, 5) is 24.1. The normalized spacial score (nSPS) is 14.8. The molecule has 2 aromatic carbocycles. The molecule has 0 saturated heterocycles. The molecule has 5 nitrogen and oxygen atoms in total. The topological polar surface area (TPSA) is 65.7 Å². The Hall–Kier alpha value is -3.05. The largest absolute Gasteiger partial charge is 0.450 e. The predicted molar refractivity (Wildman–Crippen MR) is 96.0 cm³/mol. The highest BCUT2D eigenvalue weighted by atomic mass is 35.5. The zero-order chi connectivity index (χ0) is 18.3. The molecule has 4 rings (SSSR count). The van der Waals surface area contributed by atoms with E-state index in [9.17, 15) is 9.59 Å². The van der Waals surface area contributed by atoms with Gasteiger partial charge in [-0.3, -0.25) is 4.79 Å². The monoisotopic (exact) mass is 368 g/mol. The standard InChI is InChI=1S/C20H13ClO5/c1-11(22)24-20-16-10-14(12-5-3-2-4-6-12)19(23)26-18(16)15-9-13(21)7-8-17(15)25-20/h2-10,20H,1H3. The fourth-order valence-corrected chi connectivity index (χ4v) is 3.06. The Morgan fingerprint density at radius 3 is 2.58 bits per heavy atom. The second-order valence-electron chi connectivity index (χ2n) is 5.80. The fraction of sp³-hybridized carbons (Fsp3) is 0.100. The van der Waals surface area contributed by atoms with Crippen LogP contribution in [0, 0.1) is 0 Å². The number of carbonyl (C=O) groups excluding carboxylic acids is 1. The first-order valence-electron chi connectivity index (χ1n) is 7.90. The number of hydrogen-bond acceptors (Lipinski definition) is 5. The lowest BCUT2D eigenvalue weighted by Crippen LogP contribution is -2.21. The summed E-state index contributed by atoms with van der Waals surface area (Å²) in [5.74, 6) is 0.194. The van der Waals surface area contributed by atoms with Crippen LogP contribution in [-0.4, -0.2) is 5.97 Å². The van der Waals surface area contributed by atoms with Crippen LogP contribution in [0.4, 0.5) is 0 Å². The minimum Gasteiger partial charge on any atom is -0.450 e. The van der Waals surface area contributed by atoms with Crippen molar-refractivity contribution in [2.24, 2.45) is 0 Å². The van der Waals surface area contributed by atoms with Crippen molar-refractivity contribution < 1.29 is 18.7 Å². The molecule has 0 fully saturated rings. The first-order chi connectivity index (χ1) is 12.5. The summed E-state index contributed by atoms with van der Waals surface area (Å²) in [5, 5.41) is 0.471. The molecular weight excluding hydrogens is 356 g/mol. The van der Waals surface area contributed by atoms with Crippen molar-refractivity contribution in [3.05, 3.63) is 75.6 Å². The smallest absolute Gasteiger partial charge is 0.344 e. The quantitative estimate of drug-likeness (QED) is 0.619. The summed E-state index contributed by atoms with van der Waals surface area (Å²) in [6.07, 6.45) is -1.01. The summed E-state index contributed by atoms with van der Waals surface area (Å²) in [5.41, 5.74) is 1.54. The first-order valence-corrected chi connectivity index (χ1v) is 8.28. The molecule has 0 radical (unpaired) electrons. The van der Waals surface area contributed by atoms with E-state index in [-0.39, 0.29) is 5.76 Å². The van der Waals surface area contributed by atoms with Gasteiger partial charge in [0.2, 0.25) is 0 Å².